The molecular formula is C19H26N2O4. The van der Waals surface area contributed by atoms with E-state index in [0.717, 1.165) is 24.9 Å². The average Bonchev–Trinajstić information content (AvgIpc) is 3.09. The summed E-state index contributed by atoms with van der Waals surface area (Å²) in [5.41, 5.74) is -0.257. The fraction of sp³-hybridized carbons (Fsp3) is 0.579. The Kier molecular flexibility index (Phi) is 5.11. The third-order valence-corrected chi connectivity index (χ3v) is 5.56. The van der Waals surface area contributed by atoms with Crippen molar-refractivity contribution in [3.8, 4) is 0 Å². The Hall–Kier alpha value is -1.92. The molecule has 1 aromatic carbocycles. The van der Waals surface area contributed by atoms with Crippen LogP contribution in [0.2, 0.25) is 0 Å². The number of carbonyl (C=O) groups is 2. The minimum atomic E-state index is -1.20. The van der Waals surface area contributed by atoms with Crippen LogP contribution in [-0.2, 0) is 14.3 Å². The van der Waals surface area contributed by atoms with Gasteiger partial charge in [-0.1, -0.05) is 37.3 Å². The largest absolute Gasteiger partial charge is 0.479 e. The summed E-state index contributed by atoms with van der Waals surface area (Å²) >= 11 is 0. The highest BCUT2D eigenvalue weighted by Gasteiger charge is 2.62. The Bertz CT molecular complexity index is 630. The van der Waals surface area contributed by atoms with E-state index in [9.17, 15) is 14.7 Å². The molecule has 3 N–H and O–H groups in total. The molecule has 6 heteroatoms. The van der Waals surface area contributed by atoms with E-state index in [4.69, 9.17) is 4.74 Å². The Morgan fingerprint density at radius 2 is 2.08 bits per heavy atom. The van der Waals surface area contributed by atoms with Crippen LogP contribution in [0.3, 0.4) is 0 Å². The van der Waals surface area contributed by atoms with Crippen molar-refractivity contribution in [2.45, 2.75) is 49.8 Å². The van der Waals surface area contributed by atoms with Crippen molar-refractivity contribution < 1.29 is 19.4 Å². The van der Waals surface area contributed by atoms with Crippen molar-refractivity contribution >= 4 is 11.9 Å². The van der Waals surface area contributed by atoms with E-state index in [-0.39, 0.29) is 24.0 Å². The van der Waals surface area contributed by atoms with E-state index < -0.39 is 17.4 Å². The molecule has 1 saturated heterocycles. The molecule has 0 spiro atoms. The monoisotopic (exact) mass is 346 g/mol. The molecule has 1 aliphatic carbocycles. The van der Waals surface area contributed by atoms with E-state index in [1.807, 2.05) is 30.3 Å². The zero-order chi connectivity index (χ0) is 18.0. The van der Waals surface area contributed by atoms with Gasteiger partial charge in [0, 0.05) is 19.1 Å². The van der Waals surface area contributed by atoms with Gasteiger partial charge in [0.05, 0.1) is 12.0 Å². The first kappa shape index (κ1) is 17.9. The number of methoxy groups -OCH3 is 1. The van der Waals surface area contributed by atoms with Gasteiger partial charge < -0.3 is 20.5 Å². The molecular weight excluding hydrogens is 320 g/mol. The summed E-state index contributed by atoms with van der Waals surface area (Å²) in [7, 11) is 1.60. The third kappa shape index (κ3) is 3.41. The van der Waals surface area contributed by atoms with Crippen molar-refractivity contribution in [2.24, 2.45) is 5.92 Å². The first-order chi connectivity index (χ1) is 12.0. The molecule has 1 saturated carbocycles. The lowest BCUT2D eigenvalue weighted by atomic mass is 9.95. The Morgan fingerprint density at radius 3 is 2.64 bits per heavy atom. The summed E-state index contributed by atoms with van der Waals surface area (Å²) in [6.07, 6.45) is 2.19. The first-order valence-corrected chi connectivity index (χ1v) is 8.86. The highest BCUT2D eigenvalue weighted by molar-refractivity contribution is 5.92. The molecule has 1 aromatic rings. The molecule has 5 atom stereocenters. The summed E-state index contributed by atoms with van der Waals surface area (Å²) in [4.78, 5) is 24.6. The molecule has 2 aliphatic rings. The predicted molar refractivity (Wildman–Crippen MR) is 93.3 cm³/mol. The molecule has 0 aromatic heterocycles. The number of aliphatic carboxylic acids is 1. The third-order valence-electron chi connectivity index (χ3n) is 5.56. The van der Waals surface area contributed by atoms with E-state index in [2.05, 4.69) is 10.6 Å². The van der Waals surface area contributed by atoms with Crippen LogP contribution in [0.15, 0.2) is 30.3 Å². The number of benzene rings is 1. The maximum atomic E-state index is 12.8. The normalized spacial score (nSPS) is 30.5. The summed E-state index contributed by atoms with van der Waals surface area (Å²) in [6, 6.07) is 9.62. The van der Waals surface area contributed by atoms with Crippen LogP contribution in [0.5, 0.6) is 0 Å². The predicted octanol–water partition coefficient (Wildman–Crippen LogP) is 1.52. The second-order valence-electron chi connectivity index (χ2n) is 7.12. The highest BCUT2D eigenvalue weighted by Crippen LogP contribution is 2.51. The molecule has 2 fully saturated rings. The number of carboxylic acids is 1. The molecule has 0 radical (unpaired) electrons. The fourth-order valence-electron chi connectivity index (χ4n) is 3.97. The molecule has 3 rings (SSSR count). The quantitative estimate of drug-likeness (QED) is 0.697. The Balaban J connectivity index is 1.70. The lowest BCUT2D eigenvalue weighted by Gasteiger charge is -2.28. The number of hydrogen-bond donors (Lipinski definition) is 3. The minimum Gasteiger partial charge on any atom is -0.479 e. The van der Waals surface area contributed by atoms with Gasteiger partial charge in [-0.3, -0.25) is 4.79 Å². The topological polar surface area (TPSA) is 87.7 Å². The maximum Gasteiger partial charge on any atom is 0.330 e. The zero-order valence-corrected chi connectivity index (χ0v) is 14.7. The molecule has 1 aliphatic heterocycles. The zero-order valence-electron chi connectivity index (χ0n) is 14.7. The van der Waals surface area contributed by atoms with Gasteiger partial charge in [-0.05, 0) is 31.4 Å². The van der Waals surface area contributed by atoms with Gasteiger partial charge in [-0.15, -0.1) is 0 Å². The first-order valence-electron chi connectivity index (χ1n) is 8.86. The van der Waals surface area contributed by atoms with Crippen LogP contribution in [-0.4, -0.2) is 48.3 Å². The molecule has 0 bridgehead atoms. The highest BCUT2D eigenvalue weighted by atomic mass is 16.5. The van der Waals surface area contributed by atoms with Crippen LogP contribution >= 0.6 is 0 Å². The standard InChI is InChI=1S/C19H26N2O4/c1-12(16(25-2)15-9-6-10-20-15)17(22)21-19(18(23)24)11-14(19)13-7-4-3-5-8-13/h3-5,7-8,12,14-16,20H,6,9-11H2,1-2H3,(H,21,22)(H,23,24)/t12-,14-,15+,16-,19+/m1/s1. The van der Waals surface area contributed by atoms with Crippen LogP contribution in [0.1, 0.15) is 37.7 Å². The number of amides is 1. The summed E-state index contributed by atoms with van der Waals surface area (Å²) in [5.74, 6) is -1.85. The molecule has 1 heterocycles. The van der Waals surface area contributed by atoms with Crippen molar-refractivity contribution in [3.63, 3.8) is 0 Å². The number of hydrogen-bond acceptors (Lipinski definition) is 4. The van der Waals surface area contributed by atoms with Crippen molar-refractivity contribution in [2.75, 3.05) is 13.7 Å². The molecule has 1 amide bonds. The number of rotatable bonds is 7. The van der Waals surface area contributed by atoms with Crippen LogP contribution in [0, 0.1) is 5.92 Å². The van der Waals surface area contributed by atoms with E-state index in [1.54, 1.807) is 14.0 Å². The molecule has 0 unspecified atom stereocenters. The Morgan fingerprint density at radius 1 is 1.36 bits per heavy atom. The number of nitrogens with one attached hydrogen (secondary N) is 2. The Labute approximate surface area is 147 Å². The van der Waals surface area contributed by atoms with Crippen LogP contribution in [0.4, 0.5) is 0 Å². The van der Waals surface area contributed by atoms with Gasteiger partial charge in [0.1, 0.15) is 5.54 Å². The van der Waals surface area contributed by atoms with Crippen molar-refractivity contribution in [1.29, 1.82) is 0 Å². The number of ether oxygens (including phenoxy) is 1. The van der Waals surface area contributed by atoms with Gasteiger partial charge >= 0.3 is 5.97 Å². The summed E-state index contributed by atoms with van der Waals surface area (Å²) < 4.78 is 5.55. The van der Waals surface area contributed by atoms with Crippen LogP contribution < -0.4 is 10.6 Å². The molecule has 6 nitrogen and oxygen atoms in total. The van der Waals surface area contributed by atoms with Crippen molar-refractivity contribution in [1.82, 2.24) is 10.6 Å². The number of carboxylic acid groups (broad SMARTS) is 1. The fourth-order valence-corrected chi connectivity index (χ4v) is 3.97. The van der Waals surface area contributed by atoms with Gasteiger partial charge in [0.15, 0.2) is 0 Å². The SMILES string of the molecule is CO[C@@H]([C@@H]1CCCN1)[C@@H](C)C(=O)N[C@@]1(C(=O)O)C[C@@H]1c1ccccc1. The van der Waals surface area contributed by atoms with Gasteiger partial charge in [-0.2, -0.15) is 0 Å². The van der Waals surface area contributed by atoms with Gasteiger partial charge in [0.2, 0.25) is 5.91 Å². The minimum absolute atomic E-state index is 0.135. The average molecular weight is 346 g/mol. The summed E-state index contributed by atoms with van der Waals surface area (Å²) in [5, 5.41) is 15.9. The maximum absolute atomic E-state index is 12.8. The van der Waals surface area contributed by atoms with E-state index in [0.29, 0.717) is 6.42 Å². The smallest absolute Gasteiger partial charge is 0.330 e. The summed E-state index contributed by atoms with van der Waals surface area (Å²) in [6.45, 7) is 2.73. The lowest BCUT2D eigenvalue weighted by Crippen LogP contribution is -2.51. The van der Waals surface area contributed by atoms with Crippen molar-refractivity contribution in [3.05, 3.63) is 35.9 Å². The molecule has 25 heavy (non-hydrogen) atoms. The van der Waals surface area contributed by atoms with E-state index >= 15 is 0 Å². The lowest BCUT2D eigenvalue weighted by molar-refractivity contribution is -0.145. The number of carbonyl (C=O) groups excluding carboxylic acids is 1. The van der Waals surface area contributed by atoms with E-state index in [1.165, 1.54) is 0 Å². The second kappa shape index (κ2) is 7.14. The second-order valence-corrected chi connectivity index (χ2v) is 7.12. The van der Waals surface area contributed by atoms with Crippen LogP contribution in [0.25, 0.3) is 0 Å². The molecule has 136 valence electrons. The van der Waals surface area contributed by atoms with Gasteiger partial charge in [0.25, 0.3) is 0 Å². The van der Waals surface area contributed by atoms with Gasteiger partial charge in [-0.25, -0.2) is 4.79 Å².